The Bertz CT molecular complexity index is 199. The average Bonchev–Trinajstić information content (AvgIpc) is 2.04. The number of ether oxygens (including phenoxy) is 1. The summed E-state index contributed by atoms with van der Waals surface area (Å²) >= 11 is 0. The molecule has 0 aliphatic carbocycles. The Kier molecular flexibility index (Phi) is 2.57. The van der Waals surface area contributed by atoms with E-state index in [4.69, 9.17) is 4.74 Å². The Morgan fingerprint density at radius 2 is 1.77 bits per heavy atom. The van der Waals surface area contributed by atoms with Gasteiger partial charge < -0.3 is 0 Å². The Labute approximate surface area is 67.9 Å². The average molecular weight is 437 g/mol. The molecule has 0 aromatic carbocycles. The van der Waals surface area contributed by atoms with Gasteiger partial charge in [-0.05, 0) is 0 Å². The van der Waals surface area contributed by atoms with Gasteiger partial charge in [0.05, 0.1) is 0 Å². The van der Waals surface area contributed by atoms with Crippen LogP contribution < -0.4 is 0 Å². The zero-order valence-electron chi connectivity index (χ0n) is 6.51. The number of nitrogens with zero attached hydrogens (tertiary/aromatic N) is 1. The third-order valence-electron chi connectivity index (χ3n) is 1.29. The Balaban J connectivity index is 2.53. The topological polar surface area (TPSA) is 12.5 Å². The fourth-order valence-corrected chi connectivity index (χ4v) is 2.86. The van der Waals surface area contributed by atoms with E-state index in [0.29, 0.717) is 26.3 Å². The van der Waals surface area contributed by atoms with Crippen molar-refractivity contribution in [2.75, 3.05) is 26.3 Å². The molecule has 0 spiro atoms. The van der Waals surface area contributed by atoms with Gasteiger partial charge in [0, 0.05) is 0 Å². The molecule has 0 bridgehead atoms. The van der Waals surface area contributed by atoms with E-state index >= 15 is 0 Å². The van der Waals surface area contributed by atoms with E-state index in [2.05, 4.69) is 0 Å². The first-order valence-electron chi connectivity index (χ1n) is 3.52. The maximum atomic E-state index is 12.5. The first-order valence-corrected chi connectivity index (χ1v) is 6.01. The Morgan fingerprint density at radius 3 is 2.23 bits per heavy atom. The summed E-state index contributed by atoms with van der Waals surface area (Å²) < 4.78 is 50.7. The molecule has 13 heavy (non-hydrogen) atoms. The zero-order chi connectivity index (χ0) is 9.90. The molecule has 0 radical (unpaired) electrons. The molecule has 1 aliphatic rings. The molecule has 0 aromatic heterocycles. The van der Waals surface area contributed by atoms with Crippen molar-refractivity contribution >= 4 is 6.67 Å². The molecule has 1 saturated heterocycles. The molecule has 0 unspecified atom stereocenters. The van der Waals surface area contributed by atoms with Gasteiger partial charge >= 0.3 is 66.8 Å². The minimum absolute atomic E-state index is 0.403. The summed E-state index contributed by atoms with van der Waals surface area (Å²) in [5.74, 6) is 0. The van der Waals surface area contributed by atoms with Crippen molar-refractivity contribution in [1.82, 2.24) is 5.32 Å². The van der Waals surface area contributed by atoms with Crippen molar-refractivity contribution in [3.05, 3.63) is 0 Å². The molecule has 0 amide bonds. The van der Waals surface area contributed by atoms with Crippen molar-refractivity contribution in [3.63, 3.8) is 0 Å². The molecule has 0 aromatic rings. The van der Waals surface area contributed by atoms with E-state index < -0.39 is 12.9 Å². The van der Waals surface area contributed by atoms with Gasteiger partial charge in [0.25, 0.3) is 0 Å². The molecule has 0 atom stereocenters. The standard InChI is InChI=1S/C4H8NO.C2F4.Cf/c1-3-6-4-2-5-1;3-1-2(4,5)6;/h1-4H2;;/q-1;;+1. The fraction of sp³-hybridized carbons (Fsp3) is 0.833. The Morgan fingerprint density at radius 1 is 1.23 bits per heavy atom. The minimum atomic E-state index is -4.76. The molecule has 1 aliphatic heterocycles. The molecule has 1 rings (SSSR count). The number of hydrogen-bond donors (Lipinski definition) is 0. The first-order chi connectivity index (χ1) is 6.00. The molecule has 1 fully saturated rings. The third kappa shape index (κ3) is 2.79. The summed E-state index contributed by atoms with van der Waals surface area (Å²) in [7, 11) is 0. The van der Waals surface area contributed by atoms with Gasteiger partial charge in [0.15, 0.2) is 0 Å². The monoisotopic (exact) mass is 435 g/mol. The second-order valence-corrected chi connectivity index (χ2v) is 5.70. The van der Waals surface area contributed by atoms with Crippen LogP contribution in [0.4, 0.5) is 17.6 Å². The van der Waals surface area contributed by atoms with E-state index in [0.717, 1.165) is 0 Å². The van der Waals surface area contributed by atoms with Crippen LogP contribution >= 0.6 is 0 Å². The van der Waals surface area contributed by atoms with E-state index in [1.165, 1.54) is 5.32 Å². The predicted molar refractivity (Wildman–Crippen MR) is 34.6 cm³/mol. The normalized spacial score (nSPS) is 21.4. The van der Waals surface area contributed by atoms with Gasteiger partial charge in [-0.2, -0.15) is 0 Å². The zero-order valence-corrected chi connectivity index (χ0v) is 9.15. The van der Waals surface area contributed by atoms with Gasteiger partial charge in [-0.3, -0.25) is 0 Å². The molecule has 2 nitrogen and oxygen atoms in total. The van der Waals surface area contributed by atoms with Crippen LogP contribution in [0.5, 0.6) is 0 Å². The maximum absolute atomic E-state index is 12.5. The molecule has 1 heterocycles. The summed E-state index contributed by atoms with van der Waals surface area (Å²) in [4.78, 5) is 0. The summed E-state index contributed by atoms with van der Waals surface area (Å²) in [6.07, 6.45) is -4.76. The number of morpholine rings is 1. The summed E-state index contributed by atoms with van der Waals surface area (Å²) in [5, 5.41) is 1.53. The Hall–Kier alpha value is -1.49. The number of alkyl halides is 3. The van der Waals surface area contributed by atoms with Crippen LogP contribution in [-0.4, -0.2) is 44.5 Å². The number of halogens is 4. The molecule has 81 valence electrons. The summed E-state index contributed by atoms with van der Waals surface area (Å²) in [6, 6.07) is 0. The third-order valence-corrected chi connectivity index (χ3v) is 4.56. The number of hydrogen-bond acceptors (Lipinski definition) is 2. The summed E-state index contributed by atoms with van der Waals surface area (Å²) in [6.45, 7) is -0.148. The molecular formula is C6H8CfF4NO. The van der Waals surface area contributed by atoms with Gasteiger partial charge in [0.2, 0.25) is 0 Å². The van der Waals surface area contributed by atoms with Gasteiger partial charge in [-0.1, -0.05) is 0 Å². The fourth-order valence-electron chi connectivity index (χ4n) is 0.728. The van der Waals surface area contributed by atoms with E-state index in [-0.39, 0.29) is 0 Å². The van der Waals surface area contributed by atoms with Crippen LogP contribution in [-0.2, 0) is 4.74 Å². The van der Waals surface area contributed by atoms with E-state index in [9.17, 15) is 17.6 Å². The molecule has 0 saturated carbocycles. The van der Waals surface area contributed by atoms with Crippen LogP contribution in [0.1, 0.15) is 0 Å². The van der Waals surface area contributed by atoms with Gasteiger partial charge in [0.1, 0.15) is 0 Å². The van der Waals surface area contributed by atoms with Crippen LogP contribution in [0.15, 0.2) is 0 Å². The van der Waals surface area contributed by atoms with Crippen molar-refractivity contribution in [3.8, 4) is 0 Å². The molecular weight excluding hydrogens is 429 g/mol. The van der Waals surface area contributed by atoms with Crippen molar-refractivity contribution in [2.45, 2.75) is 6.18 Å². The molecule has 7 heteroatoms. The van der Waals surface area contributed by atoms with Crippen LogP contribution in [0, 0.1) is 0 Å². The van der Waals surface area contributed by atoms with Crippen molar-refractivity contribution in [2.24, 2.45) is 0 Å². The van der Waals surface area contributed by atoms with Crippen molar-refractivity contribution < 1.29 is 22.3 Å². The SMILES string of the molecule is F[C](=[Cf][N]1CCOCC1)C(F)(F)F. The molecule has 0 N–H and O–H groups in total. The first kappa shape index (κ1) is 9.60. The van der Waals surface area contributed by atoms with E-state index in [1.54, 1.807) is 0 Å². The van der Waals surface area contributed by atoms with Crippen LogP contribution in [0.25, 0.3) is 0 Å². The van der Waals surface area contributed by atoms with Crippen LogP contribution in [0.2, 0.25) is 0 Å². The predicted octanol–water partition coefficient (Wildman–Crippen LogP) is 0.980. The van der Waals surface area contributed by atoms with Gasteiger partial charge in [-0.25, -0.2) is 0 Å². The second-order valence-electron chi connectivity index (χ2n) is 2.28. The van der Waals surface area contributed by atoms with E-state index in [1.807, 2.05) is 0 Å². The van der Waals surface area contributed by atoms with Gasteiger partial charge in [-0.15, -0.1) is 0 Å². The quantitative estimate of drug-likeness (QED) is 0.568. The second kappa shape index (κ2) is 3.49. The van der Waals surface area contributed by atoms with Crippen molar-refractivity contribution in [1.29, 1.82) is 0 Å². The summed E-state index contributed by atoms with van der Waals surface area (Å²) in [5.41, 5.74) is 0. The number of rotatable bonds is 1. The van der Waals surface area contributed by atoms with Crippen LogP contribution in [0.3, 0.4) is 0 Å².